The molecule has 0 fully saturated rings. The normalized spacial score (nSPS) is 12.4. The van der Waals surface area contributed by atoms with Crippen molar-refractivity contribution in [2.75, 3.05) is 0 Å². The second-order valence-electron chi connectivity index (χ2n) is 3.67. The van der Waals surface area contributed by atoms with E-state index < -0.39 is 11.8 Å². The van der Waals surface area contributed by atoms with Crippen molar-refractivity contribution in [3.63, 3.8) is 0 Å². The highest BCUT2D eigenvalue weighted by atomic mass is 35.5. The summed E-state index contributed by atoms with van der Waals surface area (Å²) in [5.41, 5.74) is 6.41. The van der Waals surface area contributed by atoms with Crippen LogP contribution in [-0.2, 0) is 11.2 Å². The Labute approximate surface area is 98.0 Å². The van der Waals surface area contributed by atoms with E-state index in [9.17, 15) is 9.18 Å². The molecule has 1 atom stereocenters. The minimum absolute atomic E-state index is 0.0181. The monoisotopic (exact) mass is 245 g/mol. The van der Waals surface area contributed by atoms with Gasteiger partial charge in [-0.25, -0.2) is 4.39 Å². The van der Waals surface area contributed by atoms with Gasteiger partial charge in [0, 0.05) is 17.5 Å². The highest BCUT2D eigenvalue weighted by molar-refractivity contribution is 6.30. The summed E-state index contributed by atoms with van der Waals surface area (Å²) >= 11 is 5.69. The van der Waals surface area contributed by atoms with Gasteiger partial charge in [0.2, 0.25) is 0 Å². The van der Waals surface area contributed by atoms with Crippen LogP contribution in [0.1, 0.15) is 18.4 Å². The summed E-state index contributed by atoms with van der Waals surface area (Å²) in [7, 11) is 0. The van der Waals surface area contributed by atoms with Gasteiger partial charge in [0.1, 0.15) is 5.82 Å². The summed E-state index contributed by atoms with van der Waals surface area (Å²) in [6, 6.07) is 3.90. The highest BCUT2D eigenvalue weighted by Crippen LogP contribution is 2.16. The third-order valence-corrected chi connectivity index (χ3v) is 2.37. The fourth-order valence-electron chi connectivity index (χ4n) is 1.44. The summed E-state index contributed by atoms with van der Waals surface area (Å²) in [6.45, 7) is 0. The van der Waals surface area contributed by atoms with Crippen LogP contribution in [-0.4, -0.2) is 17.1 Å². The van der Waals surface area contributed by atoms with E-state index in [0.29, 0.717) is 23.4 Å². The van der Waals surface area contributed by atoms with Crippen molar-refractivity contribution in [1.82, 2.24) is 0 Å². The molecule has 0 spiro atoms. The van der Waals surface area contributed by atoms with Gasteiger partial charge < -0.3 is 10.8 Å². The first kappa shape index (κ1) is 12.9. The van der Waals surface area contributed by atoms with E-state index in [2.05, 4.69) is 0 Å². The lowest BCUT2D eigenvalue weighted by molar-refractivity contribution is -0.137. The predicted molar refractivity (Wildman–Crippen MR) is 60.0 cm³/mol. The molecule has 0 aliphatic carbocycles. The van der Waals surface area contributed by atoms with Crippen molar-refractivity contribution in [1.29, 1.82) is 0 Å². The Hall–Kier alpha value is -1.13. The Morgan fingerprint density at radius 3 is 2.75 bits per heavy atom. The lowest BCUT2D eigenvalue weighted by Gasteiger charge is -2.10. The van der Waals surface area contributed by atoms with Crippen molar-refractivity contribution in [3.05, 3.63) is 34.6 Å². The second-order valence-corrected chi connectivity index (χ2v) is 4.11. The fourth-order valence-corrected chi connectivity index (χ4v) is 1.69. The molecule has 1 rings (SSSR count). The van der Waals surface area contributed by atoms with Gasteiger partial charge in [-0.1, -0.05) is 11.6 Å². The molecule has 0 saturated carbocycles. The van der Waals surface area contributed by atoms with Gasteiger partial charge in [0.15, 0.2) is 0 Å². The van der Waals surface area contributed by atoms with Crippen LogP contribution in [0.5, 0.6) is 0 Å². The second kappa shape index (κ2) is 5.82. The summed E-state index contributed by atoms with van der Waals surface area (Å²) in [4.78, 5) is 10.3. The Balaban J connectivity index is 2.55. The number of hydrogen-bond donors (Lipinski definition) is 2. The molecule has 3 N–H and O–H groups in total. The van der Waals surface area contributed by atoms with E-state index in [4.69, 9.17) is 22.4 Å². The summed E-state index contributed by atoms with van der Waals surface area (Å²) in [5.74, 6) is -1.29. The Morgan fingerprint density at radius 1 is 1.50 bits per heavy atom. The number of halogens is 2. The van der Waals surface area contributed by atoms with Crippen molar-refractivity contribution in [2.45, 2.75) is 25.3 Å². The molecule has 0 aromatic heterocycles. The Morgan fingerprint density at radius 2 is 2.19 bits per heavy atom. The van der Waals surface area contributed by atoms with Gasteiger partial charge in [-0.15, -0.1) is 0 Å². The van der Waals surface area contributed by atoms with Gasteiger partial charge in [0.25, 0.3) is 0 Å². The Bertz CT molecular complexity index is 364. The predicted octanol–water partition coefficient (Wildman–Crippen LogP) is 2.21. The third kappa shape index (κ3) is 4.59. The van der Waals surface area contributed by atoms with Crippen LogP contribution >= 0.6 is 11.6 Å². The molecule has 1 aromatic carbocycles. The zero-order valence-corrected chi connectivity index (χ0v) is 9.38. The minimum atomic E-state index is -0.882. The summed E-state index contributed by atoms with van der Waals surface area (Å²) in [6.07, 6.45) is 0.804. The van der Waals surface area contributed by atoms with Crippen molar-refractivity contribution in [3.8, 4) is 0 Å². The molecule has 0 aliphatic rings. The molecule has 0 aliphatic heterocycles. The van der Waals surface area contributed by atoms with Crippen LogP contribution in [0.25, 0.3) is 0 Å². The molecule has 0 bridgehead atoms. The van der Waals surface area contributed by atoms with Gasteiger partial charge in [-0.3, -0.25) is 4.79 Å². The maximum atomic E-state index is 13.0. The first-order valence-corrected chi connectivity index (χ1v) is 5.27. The van der Waals surface area contributed by atoms with Crippen molar-refractivity contribution < 1.29 is 14.3 Å². The van der Waals surface area contributed by atoms with Crippen LogP contribution in [0.15, 0.2) is 18.2 Å². The van der Waals surface area contributed by atoms with Crippen molar-refractivity contribution >= 4 is 17.6 Å². The number of benzene rings is 1. The molecule has 0 amide bonds. The van der Waals surface area contributed by atoms with Crippen LogP contribution in [0.4, 0.5) is 4.39 Å². The van der Waals surface area contributed by atoms with E-state index in [-0.39, 0.29) is 12.5 Å². The van der Waals surface area contributed by atoms with E-state index >= 15 is 0 Å². The summed E-state index contributed by atoms with van der Waals surface area (Å²) in [5, 5.41) is 8.80. The zero-order chi connectivity index (χ0) is 12.1. The van der Waals surface area contributed by atoms with Gasteiger partial charge in [-0.2, -0.15) is 0 Å². The first-order chi connectivity index (χ1) is 7.47. The molecule has 88 valence electrons. The van der Waals surface area contributed by atoms with E-state index in [1.807, 2.05) is 0 Å². The van der Waals surface area contributed by atoms with Crippen LogP contribution in [0, 0.1) is 5.82 Å². The molecule has 0 heterocycles. The minimum Gasteiger partial charge on any atom is -0.481 e. The van der Waals surface area contributed by atoms with Crippen LogP contribution < -0.4 is 5.73 Å². The van der Waals surface area contributed by atoms with Crippen LogP contribution in [0.3, 0.4) is 0 Å². The first-order valence-electron chi connectivity index (χ1n) is 4.89. The smallest absolute Gasteiger partial charge is 0.303 e. The lowest BCUT2D eigenvalue weighted by atomic mass is 10.0. The highest BCUT2D eigenvalue weighted by Gasteiger charge is 2.08. The number of carboxylic acids is 1. The lowest BCUT2D eigenvalue weighted by Crippen LogP contribution is -2.23. The number of carbonyl (C=O) groups is 1. The number of nitrogens with two attached hydrogens (primary N) is 1. The molecular weight excluding hydrogens is 233 g/mol. The number of rotatable bonds is 5. The topological polar surface area (TPSA) is 63.3 Å². The quantitative estimate of drug-likeness (QED) is 0.836. The molecular formula is C11H13ClFNO2. The number of hydrogen-bond acceptors (Lipinski definition) is 2. The van der Waals surface area contributed by atoms with E-state index in [1.165, 1.54) is 12.1 Å². The van der Waals surface area contributed by atoms with Crippen LogP contribution in [0.2, 0.25) is 5.02 Å². The fraction of sp³-hybridized carbons (Fsp3) is 0.364. The molecule has 0 radical (unpaired) electrons. The number of aliphatic carboxylic acids is 1. The number of carboxylic acid groups (broad SMARTS) is 1. The maximum Gasteiger partial charge on any atom is 0.303 e. The Kier molecular flexibility index (Phi) is 4.71. The average Bonchev–Trinajstić information content (AvgIpc) is 2.12. The SMILES string of the molecule is NC(CCC(=O)O)Cc1cc(F)cc(Cl)c1. The average molecular weight is 246 g/mol. The van der Waals surface area contributed by atoms with Gasteiger partial charge in [0.05, 0.1) is 0 Å². The maximum absolute atomic E-state index is 13.0. The molecule has 16 heavy (non-hydrogen) atoms. The largest absolute Gasteiger partial charge is 0.481 e. The molecule has 1 aromatic rings. The molecule has 0 saturated heterocycles. The molecule has 3 nitrogen and oxygen atoms in total. The van der Waals surface area contributed by atoms with E-state index in [0.717, 1.165) is 0 Å². The zero-order valence-electron chi connectivity index (χ0n) is 8.62. The third-order valence-electron chi connectivity index (χ3n) is 2.15. The molecule has 1 unspecified atom stereocenters. The van der Waals surface area contributed by atoms with E-state index in [1.54, 1.807) is 6.07 Å². The van der Waals surface area contributed by atoms with Gasteiger partial charge in [-0.05, 0) is 36.6 Å². The molecule has 5 heteroatoms. The van der Waals surface area contributed by atoms with Crippen molar-refractivity contribution in [2.24, 2.45) is 5.73 Å². The summed E-state index contributed by atoms with van der Waals surface area (Å²) < 4.78 is 13.0. The standard InChI is InChI=1S/C11H13ClFNO2/c12-8-3-7(4-9(13)6-8)5-10(14)1-2-11(15)16/h3-4,6,10H,1-2,5,14H2,(H,15,16). The van der Waals surface area contributed by atoms with Gasteiger partial charge >= 0.3 is 5.97 Å².